The minimum absolute atomic E-state index is 0.00849. The van der Waals surface area contributed by atoms with Gasteiger partial charge in [-0.3, -0.25) is 25.2 Å². The van der Waals surface area contributed by atoms with E-state index < -0.39 is 5.91 Å². The first-order valence-electron chi connectivity index (χ1n) is 8.66. The molecule has 0 spiro atoms. The van der Waals surface area contributed by atoms with Crippen molar-refractivity contribution in [1.82, 2.24) is 16.2 Å². The summed E-state index contributed by atoms with van der Waals surface area (Å²) >= 11 is 4.94. The van der Waals surface area contributed by atoms with Crippen molar-refractivity contribution in [3.05, 3.63) is 65.2 Å². The normalized spacial score (nSPS) is 10.1. The van der Waals surface area contributed by atoms with Crippen molar-refractivity contribution in [2.24, 2.45) is 5.92 Å². The van der Waals surface area contributed by atoms with E-state index >= 15 is 0 Å². The summed E-state index contributed by atoms with van der Waals surface area (Å²) in [7, 11) is 0. The second-order valence-corrected chi connectivity index (χ2v) is 6.81. The summed E-state index contributed by atoms with van der Waals surface area (Å²) in [5, 5.41) is 5.26. The fraction of sp³-hybridized carbons (Fsp3) is 0.200. The predicted molar refractivity (Wildman–Crippen MR) is 112 cm³/mol. The summed E-state index contributed by atoms with van der Waals surface area (Å²) in [6.07, 6.45) is 0. The molecule has 8 heteroatoms. The van der Waals surface area contributed by atoms with Crippen molar-refractivity contribution in [2.75, 3.05) is 5.32 Å². The van der Waals surface area contributed by atoms with Gasteiger partial charge < -0.3 is 10.6 Å². The maximum absolute atomic E-state index is 12.3. The van der Waals surface area contributed by atoms with Gasteiger partial charge in [-0.05, 0) is 55.0 Å². The average Bonchev–Trinajstić information content (AvgIpc) is 2.66. The van der Waals surface area contributed by atoms with Crippen molar-refractivity contribution in [2.45, 2.75) is 20.8 Å². The molecule has 0 saturated carbocycles. The molecule has 0 aliphatic heterocycles. The number of nitrogens with one attached hydrogen (secondary N) is 4. The van der Waals surface area contributed by atoms with Crippen LogP contribution in [0.3, 0.4) is 0 Å². The van der Waals surface area contributed by atoms with E-state index in [0.29, 0.717) is 16.8 Å². The average molecular weight is 398 g/mol. The molecule has 0 heterocycles. The molecule has 28 heavy (non-hydrogen) atoms. The van der Waals surface area contributed by atoms with Gasteiger partial charge in [-0.2, -0.15) is 0 Å². The Morgan fingerprint density at radius 3 is 2.14 bits per heavy atom. The van der Waals surface area contributed by atoms with Gasteiger partial charge in [-0.1, -0.05) is 32.0 Å². The maximum Gasteiger partial charge on any atom is 0.269 e. The number of carbonyl (C=O) groups is 3. The number of aryl methyl sites for hydroxylation is 1. The van der Waals surface area contributed by atoms with Crippen molar-refractivity contribution in [1.29, 1.82) is 0 Å². The summed E-state index contributed by atoms with van der Waals surface area (Å²) in [5.41, 5.74) is 7.27. The van der Waals surface area contributed by atoms with Gasteiger partial charge in [0.2, 0.25) is 5.91 Å². The first-order valence-corrected chi connectivity index (χ1v) is 9.07. The highest BCUT2D eigenvalue weighted by Crippen LogP contribution is 2.13. The number of amides is 3. The molecule has 4 N–H and O–H groups in total. The molecule has 2 rings (SSSR count). The van der Waals surface area contributed by atoms with Crippen LogP contribution in [0.15, 0.2) is 48.5 Å². The van der Waals surface area contributed by atoms with Gasteiger partial charge in [0.1, 0.15) is 0 Å². The zero-order chi connectivity index (χ0) is 20.7. The summed E-state index contributed by atoms with van der Waals surface area (Å²) < 4.78 is 0. The van der Waals surface area contributed by atoms with Gasteiger partial charge in [0.05, 0.1) is 0 Å². The highest BCUT2D eigenvalue weighted by Gasteiger charge is 2.11. The molecule has 2 aromatic carbocycles. The second kappa shape index (κ2) is 9.61. The van der Waals surface area contributed by atoms with Gasteiger partial charge in [0.25, 0.3) is 11.8 Å². The van der Waals surface area contributed by atoms with Crippen LogP contribution in [0, 0.1) is 12.8 Å². The van der Waals surface area contributed by atoms with Gasteiger partial charge >= 0.3 is 0 Å². The Kier molecular flexibility index (Phi) is 7.22. The molecule has 0 aliphatic rings. The molecule has 0 unspecified atom stereocenters. The number of thiocarbonyl (C=S) groups is 1. The van der Waals surface area contributed by atoms with Crippen LogP contribution in [-0.2, 0) is 4.79 Å². The lowest BCUT2D eigenvalue weighted by molar-refractivity contribution is -0.122. The van der Waals surface area contributed by atoms with Crippen LogP contribution in [0.1, 0.15) is 40.1 Å². The Bertz CT molecular complexity index is 895. The molecule has 2 aromatic rings. The maximum atomic E-state index is 12.3. The SMILES string of the molecule is Cc1ccccc1C(=O)Nc1ccc(C(=O)NNC(=S)NC(=O)C(C)C)cc1. The molecule has 0 aliphatic carbocycles. The van der Waals surface area contributed by atoms with E-state index in [9.17, 15) is 14.4 Å². The standard InChI is InChI=1S/C20H22N4O3S/c1-12(2)17(25)22-20(28)24-23-18(26)14-8-10-15(11-9-14)21-19(27)16-7-5-4-6-13(16)3/h4-12H,1-3H3,(H,21,27)(H,23,26)(H2,22,24,25,28). The predicted octanol–water partition coefficient (Wildman–Crippen LogP) is 2.54. The third-order valence-electron chi connectivity index (χ3n) is 3.85. The van der Waals surface area contributed by atoms with Crippen LogP contribution in [0.2, 0.25) is 0 Å². The number of hydrazine groups is 1. The van der Waals surface area contributed by atoms with E-state index in [1.165, 1.54) is 0 Å². The number of hydrogen-bond acceptors (Lipinski definition) is 4. The number of hydrogen-bond donors (Lipinski definition) is 4. The van der Waals surface area contributed by atoms with E-state index in [1.54, 1.807) is 50.2 Å². The lowest BCUT2D eigenvalue weighted by atomic mass is 10.1. The summed E-state index contributed by atoms with van der Waals surface area (Å²) in [6.45, 7) is 5.33. The van der Waals surface area contributed by atoms with Gasteiger partial charge in [0.15, 0.2) is 5.11 Å². The molecule has 0 fully saturated rings. The molecule has 0 radical (unpaired) electrons. The summed E-state index contributed by atoms with van der Waals surface area (Å²) in [6, 6.07) is 13.7. The van der Waals surface area contributed by atoms with E-state index in [1.807, 2.05) is 19.1 Å². The Morgan fingerprint density at radius 2 is 1.54 bits per heavy atom. The number of anilines is 1. The number of benzene rings is 2. The molecule has 0 saturated heterocycles. The number of carbonyl (C=O) groups excluding carboxylic acids is 3. The third kappa shape index (κ3) is 5.88. The van der Waals surface area contributed by atoms with Gasteiger partial charge in [-0.15, -0.1) is 0 Å². The minimum Gasteiger partial charge on any atom is -0.322 e. The van der Waals surface area contributed by atoms with Crippen molar-refractivity contribution >= 4 is 40.7 Å². The first kappa shape index (κ1) is 21.0. The molecular weight excluding hydrogens is 376 g/mol. The zero-order valence-corrected chi connectivity index (χ0v) is 16.6. The fourth-order valence-electron chi connectivity index (χ4n) is 2.20. The minimum atomic E-state index is -0.432. The Hall–Kier alpha value is -3.26. The van der Waals surface area contributed by atoms with Crippen LogP contribution < -0.4 is 21.5 Å². The monoisotopic (exact) mass is 398 g/mol. The fourth-order valence-corrected chi connectivity index (χ4v) is 2.36. The Morgan fingerprint density at radius 1 is 0.893 bits per heavy atom. The Balaban J connectivity index is 1.90. The van der Waals surface area contributed by atoms with E-state index in [0.717, 1.165) is 5.56 Å². The lowest BCUT2D eigenvalue weighted by Gasteiger charge is -2.12. The molecule has 146 valence electrons. The number of rotatable bonds is 4. The third-order valence-corrected chi connectivity index (χ3v) is 4.05. The molecule has 0 atom stereocenters. The van der Waals surface area contributed by atoms with E-state index in [-0.39, 0.29) is 22.8 Å². The Labute approximate surface area is 168 Å². The van der Waals surface area contributed by atoms with Crippen molar-refractivity contribution in [3.63, 3.8) is 0 Å². The van der Waals surface area contributed by atoms with Crippen molar-refractivity contribution in [3.8, 4) is 0 Å². The highest BCUT2D eigenvalue weighted by molar-refractivity contribution is 7.80. The topological polar surface area (TPSA) is 99.3 Å². The molecule has 3 amide bonds. The molecular formula is C20H22N4O3S. The smallest absolute Gasteiger partial charge is 0.269 e. The van der Waals surface area contributed by atoms with E-state index in [4.69, 9.17) is 12.2 Å². The highest BCUT2D eigenvalue weighted by atomic mass is 32.1. The zero-order valence-electron chi connectivity index (χ0n) is 15.8. The lowest BCUT2D eigenvalue weighted by Crippen LogP contribution is -2.49. The van der Waals surface area contributed by atoms with Gasteiger partial charge in [-0.25, -0.2) is 0 Å². The molecule has 0 aromatic heterocycles. The summed E-state index contributed by atoms with van der Waals surface area (Å²) in [4.78, 5) is 36.0. The van der Waals surface area contributed by atoms with Gasteiger partial charge in [0, 0.05) is 22.7 Å². The second-order valence-electron chi connectivity index (χ2n) is 6.40. The van der Waals surface area contributed by atoms with Crippen LogP contribution in [-0.4, -0.2) is 22.8 Å². The largest absolute Gasteiger partial charge is 0.322 e. The summed E-state index contributed by atoms with van der Waals surface area (Å²) in [5.74, 6) is -1.13. The van der Waals surface area contributed by atoms with Crippen LogP contribution in [0.4, 0.5) is 5.69 Å². The van der Waals surface area contributed by atoms with Crippen LogP contribution in [0.25, 0.3) is 0 Å². The van der Waals surface area contributed by atoms with Crippen LogP contribution >= 0.6 is 12.2 Å². The first-order chi connectivity index (χ1) is 13.3. The van der Waals surface area contributed by atoms with Crippen LogP contribution in [0.5, 0.6) is 0 Å². The molecule has 7 nitrogen and oxygen atoms in total. The van der Waals surface area contributed by atoms with E-state index in [2.05, 4.69) is 21.5 Å². The quantitative estimate of drug-likeness (QED) is 0.469. The van der Waals surface area contributed by atoms with Crippen molar-refractivity contribution < 1.29 is 14.4 Å². The molecule has 0 bridgehead atoms.